The van der Waals surface area contributed by atoms with Crippen LogP contribution in [0.25, 0.3) is 16.6 Å². The van der Waals surface area contributed by atoms with Crippen molar-refractivity contribution < 1.29 is 4.79 Å². The number of rotatable bonds is 8. The van der Waals surface area contributed by atoms with Gasteiger partial charge in [-0.05, 0) is 46.9 Å². The van der Waals surface area contributed by atoms with E-state index in [1.807, 2.05) is 18.2 Å². The summed E-state index contributed by atoms with van der Waals surface area (Å²) in [6.07, 6.45) is 1.60. The first-order valence-corrected chi connectivity index (χ1v) is 14.8. The lowest BCUT2D eigenvalue weighted by atomic mass is 9.96. The van der Waals surface area contributed by atoms with Gasteiger partial charge >= 0.3 is 0 Å². The highest BCUT2D eigenvalue weighted by Gasteiger charge is 2.26. The molecule has 1 N–H and O–H groups in total. The highest BCUT2D eigenvalue weighted by atomic mass is 35.5. The molecule has 6 rings (SSSR count). The van der Waals surface area contributed by atoms with Crippen LogP contribution in [0.4, 0.5) is 0 Å². The van der Waals surface area contributed by atoms with E-state index in [4.69, 9.17) is 0 Å². The molecule has 1 saturated heterocycles. The van der Waals surface area contributed by atoms with Crippen LogP contribution in [0.15, 0.2) is 102 Å². The Morgan fingerprint density at radius 2 is 1.42 bits per heavy atom. The van der Waals surface area contributed by atoms with Gasteiger partial charge < -0.3 is 5.32 Å². The van der Waals surface area contributed by atoms with E-state index in [1.54, 1.807) is 18.3 Å². The van der Waals surface area contributed by atoms with Crippen molar-refractivity contribution in [1.82, 2.24) is 24.5 Å². The molecule has 5 aromatic rings. The second-order valence-electron chi connectivity index (χ2n) is 11.4. The monoisotopic (exact) mass is 667 g/mol. The topological polar surface area (TPSA) is 70.0 Å². The number of fused-ring (bicyclic) bond motifs is 2. The Bertz CT molecular complexity index is 1720. The molecule has 0 unspecified atom stereocenters. The third kappa shape index (κ3) is 8.04. The summed E-state index contributed by atoms with van der Waals surface area (Å²) in [4.78, 5) is 35.9. The maximum absolute atomic E-state index is 13.3. The lowest BCUT2D eigenvalue weighted by Crippen LogP contribution is -2.49. The number of aromatic nitrogens is 2. The first-order valence-electron chi connectivity index (χ1n) is 14.8. The Labute approximate surface area is 282 Å². The number of amides is 1. The predicted molar refractivity (Wildman–Crippen MR) is 190 cm³/mol. The summed E-state index contributed by atoms with van der Waals surface area (Å²) in [6, 6.07) is 30.9. The van der Waals surface area contributed by atoms with Gasteiger partial charge in [0.05, 0.1) is 22.5 Å². The van der Waals surface area contributed by atoms with Crippen molar-refractivity contribution in [3.63, 3.8) is 0 Å². The Hall–Kier alpha value is -3.46. The molecule has 0 atom stereocenters. The third-order valence-electron chi connectivity index (χ3n) is 8.28. The Kier molecular flexibility index (Phi) is 13.0. The lowest BCUT2D eigenvalue weighted by Gasteiger charge is -2.39. The molecule has 3 heterocycles. The smallest absolute Gasteiger partial charge is 0.265 e. The fourth-order valence-electron chi connectivity index (χ4n) is 5.88. The summed E-state index contributed by atoms with van der Waals surface area (Å²) >= 11 is 0. The Morgan fingerprint density at radius 1 is 0.800 bits per heavy atom. The molecule has 0 saturated carbocycles. The summed E-state index contributed by atoms with van der Waals surface area (Å²) in [5, 5.41) is 3.61. The fourth-order valence-corrected chi connectivity index (χ4v) is 5.88. The van der Waals surface area contributed by atoms with Gasteiger partial charge in [-0.25, -0.2) is 4.98 Å². The van der Waals surface area contributed by atoms with Gasteiger partial charge in [0, 0.05) is 45.5 Å². The SMILES string of the molecule is CC(C)c1ccc2nc3ccc(C(=O)NCCN4CCN(C(c5ccccc5)c5ccccc5)CC4)cn3c(=O)c2c1.Cl.Cl.Cl. The normalized spacial score (nSPS) is 13.7. The Morgan fingerprint density at radius 3 is 2.02 bits per heavy atom. The molecule has 45 heavy (non-hydrogen) atoms. The lowest BCUT2D eigenvalue weighted by molar-refractivity contribution is 0.0920. The minimum absolute atomic E-state index is 0. The van der Waals surface area contributed by atoms with Gasteiger partial charge in [-0.1, -0.05) is 80.6 Å². The highest BCUT2D eigenvalue weighted by molar-refractivity contribution is 5.94. The van der Waals surface area contributed by atoms with Gasteiger partial charge in [-0.2, -0.15) is 0 Å². The number of hydrogen-bond acceptors (Lipinski definition) is 5. The van der Waals surface area contributed by atoms with Crippen LogP contribution >= 0.6 is 37.2 Å². The van der Waals surface area contributed by atoms with Crippen molar-refractivity contribution in [3.05, 3.63) is 130 Å². The second kappa shape index (κ2) is 16.2. The minimum atomic E-state index is -0.188. The first-order chi connectivity index (χ1) is 20.5. The molecule has 10 heteroatoms. The van der Waals surface area contributed by atoms with Crippen molar-refractivity contribution >= 4 is 59.7 Å². The molecule has 0 radical (unpaired) electrons. The zero-order chi connectivity index (χ0) is 29.1. The van der Waals surface area contributed by atoms with Gasteiger partial charge in [0.25, 0.3) is 11.5 Å². The molecule has 238 valence electrons. The standard InChI is InChI=1S/C35H37N5O2.3ClH/c1-25(2)28-13-15-31-30(23-28)35(42)40-24-29(14-16-32(40)37-31)34(41)36-17-18-38-19-21-39(22-20-38)33(26-9-5-3-6-10-26)27-11-7-4-8-12-27;;;/h3-16,23-25,33H,17-22H2,1-2H3,(H,36,41);3*1H. The summed E-state index contributed by atoms with van der Waals surface area (Å²) in [5.74, 6) is 0.121. The van der Waals surface area contributed by atoms with Crippen LogP contribution in [0, 0.1) is 0 Å². The number of nitrogens with zero attached hydrogens (tertiary/aromatic N) is 4. The molecular weight excluding hydrogens is 629 g/mol. The van der Waals surface area contributed by atoms with Crippen molar-refractivity contribution in [2.75, 3.05) is 39.3 Å². The number of carbonyl (C=O) groups excluding carboxylic acids is 1. The van der Waals surface area contributed by atoms with Crippen molar-refractivity contribution in [2.45, 2.75) is 25.8 Å². The van der Waals surface area contributed by atoms with Crippen molar-refractivity contribution in [2.24, 2.45) is 0 Å². The van der Waals surface area contributed by atoms with Crippen LogP contribution in [0.1, 0.15) is 52.9 Å². The van der Waals surface area contributed by atoms with Gasteiger partial charge in [-0.15, -0.1) is 37.2 Å². The average molecular weight is 669 g/mol. The average Bonchev–Trinajstić information content (AvgIpc) is 3.03. The van der Waals surface area contributed by atoms with E-state index >= 15 is 0 Å². The minimum Gasteiger partial charge on any atom is -0.351 e. The molecule has 1 amide bonds. The van der Waals surface area contributed by atoms with Crippen LogP contribution in [0.5, 0.6) is 0 Å². The number of carbonyl (C=O) groups is 1. The van der Waals surface area contributed by atoms with Gasteiger partial charge in [0.1, 0.15) is 5.65 Å². The maximum atomic E-state index is 13.3. The molecule has 0 spiro atoms. The molecular formula is C35H40Cl3N5O2. The van der Waals surface area contributed by atoms with Crippen LogP contribution in [-0.4, -0.2) is 64.4 Å². The van der Waals surface area contributed by atoms with Gasteiger partial charge in [-0.3, -0.25) is 23.8 Å². The Balaban J connectivity index is 0.00000184. The van der Waals surface area contributed by atoms with E-state index in [9.17, 15) is 9.59 Å². The molecule has 1 aliphatic rings. The summed E-state index contributed by atoms with van der Waals surface area (Å²) in [7, 11) is 0. The number of piperazine rings is 1. The number of halogens is 3. The summed E-state index contributed by atoms with van der Waals surface area (Å²) < 4.78 is 1.48. The number of nitrogens with one attached hydrogen (secondary N) is 1. The molecule has 7 nitrogen and oxygen atoms in total. The van der Waals surface area contributed by atoms with Crippen LogP contribution in [-0.2, 0) is 0 Å². The summed E-state index contributed by atoms with van der Waals surface area (Å²) in [5.41, 5.74) is 5.19. The zero-order valence-electron chi connectivity index (χ0n) is 25.5. The van der Waals surface area contributed by atoms with E-state index in [0.29, 0.717) is 34.6 Å². The van der Waals surface area contributed by atoms with Gasteiger partial charge in [0.15, 0.2) is 0 Å². The quantitative estimate of drug-likeness (QED) is 0.195. The van der Waals surface area contributed by atoms with Crippen LogP contribution in [0.2, 0.25) is 0 Å². The predicted octanol–water partition coefficient (Wildman–Crippen LogP) is 6.37. The van der Waals surface area contributed by atoms with Crippen LogP contribution < -0.4 is 10.9 Å². The largest absolute Gasteiger partial charge is 0.351 e. The molecule has 3 aromatic carbocycles. The number of hydrogen-bond donors (Lipinski definition) is 1. The first kappa shape index (κ1) is 36.0. The highest BCUT2D eigenvalue weighted by Crippen LogP contribution is 2.29. The number of benzene rings is 3. The maximum Gasteiger partial charge on any atom is 0.265 e. The van der Waals surface area contributed by atoms with Crippen LogP contribution in [0.3, 0.4) is 0 Å². The van der Waals surface area contributed by atoms with E-state index in [-0.39, 0.29) is 54.7 Å². The van der Waals surface area contributed by atoms with E-state index in [2.05, 4.69) is 94.6 Å². The second-order valence-corrected chi connectivity index (χ2v) is 11.4. The van der Waals surface area contributed by atoms with Crippen molar-refractivity contribution in [3.8, 4) is 0 Å². The number of pyridine rings is 1. The third-order valence-corrected chi connectivity index (χ3v) is 8.28. The van der Waals surface area contributed by atoms with E-state index < -0.39 is 0 Å². The molecule has 1 fully saturated rings. The summed E-state index contributed by atoms with van der Waals surface area (Å²) in [6.45, 7) is 9.30. The van der Waals surface area contributed by atoms with Gasteiger partial charge in [0.2, 0.25) is 0 Å². The molecule has 0 bridgehead atoms. The molecule has 1 aliphatic heterocycles. The fraction of sp³-hybridized carbons (Fsp3) is 0.286. The molecule has 2 aromatic heterocycles. The van der Waals surface area contributed by atoms with E-state index in [1.165, 1.54) is 15.5 Å². The van der Waals surface area contributed by atoms with Crippen molar-refractivity contribution in [1.29, 1.82) is 0 Å². The zero-order valence-corrected chi connectivity index (χ0v) is 27.9. The van der Waals surface area contributed by atoms with E-state index in [0.717, 1.165) is 38.3 Å². The molecule has 0 aliphatic carbocycles.